The van der Waals surface area contributed by atoms with Crippen molar-refractivity contribution >= 4 is 16.0 Å². The number of hydrogen-bond acceptors (Lipinski definition) is 3. The second-order valence-electron chi connectivity index (χ2n) is 4.81. The van der Waals surface area contributed by atoms with Crippen molar-refractivity contribution in [1.29, 1.82) is 0 Å². The summed E-state index contributed by atoms with van der Waals surface area (Å²) in [7, 11) is -3.83. The predicted molar refractivity (Wildman–Crippen MR) is 72.4 cm³/mol. The Morgan fingerprint density at radius 2 is 1.84 bits per heavy atom. The van der Waals surface area contributed by atoms with E-state index in [9.17, 15) is 18.3 Å². The van der Waals surface area contributed by atoms with Crippen LogP contribution in [0.2, 0.25) is 0 Å². The summed E-state index contributed by atoms with van der Waals surface area (Å²) in [5, 5.41) is 9.19. The highest BCUT2D eigenvalue weighted by atomic mass is 32.2. The number of benzene rings is 1. The molecule has 0 aliphatic rings. The average molecular weight is 285 g/mol. The molecule has 6 heteroatoms. The molecular formula is C13H19NO4S. The Morgan fingerprint density at radius 1 is 1.32 bits per heavy atom. The molecular weight excluding hydrogens is 266 g/mol. The largest absolute Gasteiger partial charge is 0.480 e. The van der Waals surface area contributed by atoms with E-state index in [1.807, 2.05) is 6.92 Å². The molecule has 0 bridgehead atoms. The normalized spacial score (nSPS) is 14.9. The molecule has 106 valence electrons. The van der Waals surface area contributed by atoms with Gasteiger partial charge in [-0.05, 0) is 32.4 Å². The third kappa shape index (κ3) is 3.78. The smallest absolute Gasteiger partial charge is 0.324 e. The highest BCUT2D eigenvalue weighted by molar-refractivity contribution is 7.89. The quantitative estimate of drug-likeness (QED) is 0.836. The van der Waals surface area contributed by atoms with E-state index in [0.29, 0.717) is 6.42 Å². The molecule has 19 heavy (non-hydrogen) atoms. The van der Waals surface area contributed by atoms with Gasteiger partial charge in [-0.25, -0.2) is 8.42 Å². The minimum atomic E-state index is -3.83. The van der Waals surface area contributed by atoms with Gasteiger partial charge in [-0.3, -0.25) is 4.79 Å². The first-order valence-electron chi connectivity index (χ1n) is 6.05. The number of nitrogens with one attached hydrogen (secondary N) is 1. The van der Waals surface area contributed by atoms with Gasteiger partial charge in [-0.15, -0.1) is 0 Å². The summed E-state index contributed by atoms with van der Waals surface area (Å²) >= 11 is 0. The van der Waals surface area contributed by atoms with Gasteiger partial charge in [0.1, 0.15) is 5.54 Å². The summed E-state index contributed by atoms with van der Waals surface area (Å²) in [6.45, 7) is 5.04. The summed E-state index contributed by atoms with van der Waals surface area (Å²) < 4.78 is 26.6. The van der Waals surface area contributed by atoms with Gasteiger partial charge in [0.15, 0.2) is 0 Å². The fraction of sp³-hybridized carbons (Fsp3) is 0.462. The van der Waals surface area contributed by atoms with E-state index in [2.05, 4.69) is 4.72 Å². The molecule has 0 amide bonds. The van der Waals surface area contributed by atoms with Crippen molar-refractivity contribution in [3.63, 3.8) is 0 Å². The zero-order chi connectivity index (χ0) is 14.7. The number of carbonyl (C=O) groups is 1. The van der Waals surface area contributed by atoms with Crippen LogP contribution in [0.3, 0.4) is 0 Å². The van der Waals surface area contributed by atoms with E-state index in [1.54, 1.807) is 19.1 Å². The molecule has 2 N–H and O–H groups in total. The van der Waals surface area contributed by atoms with Gasteiger partial charge in [0, 0.05) is 0 Å². The van der Waals surface area contributed by atoms with Crippen LogP contribution >= 0.6 is 0 Å². The highest BCUT2D eigenvalue weighted by Crippen LogP contribution is 2.18. The van der Waals surface area contributed by atoms with E-state index in [-0.39, 0.29) is 11.3 Å². The molecule has 0 saturated heterocycles. The summed E-state index contributed by atoms with van der Waals surface area (Å²) in [5.74, 6) is -1.18. The van der Waals surface area contributed by atoms with Gasteiger partial charge in [0.25, 0.3) is 0 Å². The van der Waals surface area contributed by atoms with Gasteiger partial charge in [-0.2, -0.15) is 4.72 Å². The van der Waals surface area contributed by atoms with Crippen LogP contribution in [0.1, 0.15) is 32.3 Å². The summed E-state index contributed by atoms with van der Waals surface area (Å²) in [4.78, 5) is 11.3. The maximum Gasteiger partial charge on any atom is 0.324 e. The molecule has 1 rings (SSSR count). The first kappa shape index (κ1) is 15.7. The molecule has 1 aromatic carbocycles. The fourth-order valence-electron chi connectivity index (χ4n) is 1.77. The third-order valence-electron chi connectivity index (χ3n) is 2.91. The Hall–Kier alpha value is -1.40. The van der Waals surface area contributed by atoms with Gasteiger partial charge >= 0.3 is 5.97 Å². The van der Waals surface area contributed by atoms with Crippen molar-refractivity contribution in [2.24, 2.45) is 0 Å². The van der Waals surface area contributed by atoms with Crippen LogP contribution in [-0.2, 0) is 14.8 Å². The van der Waals surface area contributed by atoms with Crippen LogP contribution in [0.25, 0.3) is 0 Å². The van der Waals surface area contributed by atoms with E-state index >= 15 is 0 Å². The lowest BCUT2D eigenvalue weighted by molar-refractivity contribution is -0.143. The average Bonchev–Trinajstić information content (AvgIpc) is 2.28. The maximum atomic E-state index is 12.2. The summed E-state index contributed by atoms with van der Waals surface area (Å²) in [5.41, 5.74) is -0.549. The number of rotatable bonds is 6. The van der Waals surface area contributed by atoms with Crippen molar-refractivity contribution in [1.82, 2.24) is 4.72 Å². The van der Waals surface area contributed by atoms with Crippen molar-refractivity contribution in [3.05, 3.63) is 29.8 Å². The van der Waals surface area contributed by atoms with E-state index in [4.69, 9.17) is 0 Å². The third-order valence-corrected chi connectivity index (χ3v) is 4.52. The summed E-state index contributed by atoms with van der Waals surface area (Å²) in [6, 6.07) is 6.27. The minimum Gasteiger partial charge on any atom is -0.480 e. The number of sulfonamides is 1. The van der Waals surface area contributed by atoms with Crippen LogP contribution in [-0.4, -0.2) is 25.0 Å². The molecule has 0 fully saturated rings. The predicted octanol–water partition coefficient (Wildman–Crippen LogP) is 1.92. The number of aryl methyl sites for hydroxylation is 1. The monoisotopic (exact) mass is 285 g/mol. The van der Waals surface area contributed by atoms with Crippen LogP contribution < -0.4 is 4.72 Å². The lowest BCUT2D eigenvalue weighted by Crippen LogP contribution is -2.51. The van der Waals surface area contributed by atoms with Crippen molar-refractivity contribution in [3.8, 4) is 0 Å². The minimum absolute atomic E-state index is 0.0710. The first-order chi connectivity index (χ1) is 8.71. The molecule has 1 aromatic rings. The van der Waals surface area contributed by atoms with E-state index in [1.165, 1.54) is 19.1 Å². The van der Waals surface area contributed by atoms with Gasteiger partial charge in [-0.1, -0.05) is 31.0 Å². The molecule has 0 saturated carbocycles. The standard InChI is InChI=1S/C13H19NO4S/c1-4-9-13(3,12(15)16)14-19(17,18)11-7-5-10(2)6-8-11/h5-8,14H,4,9H2,1-3H3,(H,15,16). The molecule has 5 nitrogen and oxygen atoms in total. The number of aliphatic carboxylic acids is 1. The van der Waals surface area contributed by atoms with E-state index in [0.717, 1.165) is 5.56 Å². The molecule has 0 radical (unpaired) electrons. The van der Waals surface area contributed by atoms with Gasteiger partial charge in [0.05, 0.1) is 4.90 Å². The Bertz CT molecular complexity index is 551. The molecule has 1 unspecified atom stereocenters. The van der Waals surface area contributed by atoms with Crippen LogP contribution in [0, 0.1) is 6.92 Å². The van der Waals surface area contributed by atoms with Crippen molar-refractivity contribution in [2.75, 3.05) is 0 Å². The molecule has 0 spiro atoms. The summed E-state index contributed by atoms with van der Waals surface area (Å²) in [6.07, 6.45) is 0.798. The van der Waals surface area contributed by atoms with Crippen molar-refractivity contribution in [2.45, 2.75) is 44.0 Å². The molecule has 0 heterocycles. The van der Waals surface area contributed by atoms with Crippen molar-refractivity contribution < 1.29 is 18.3 Å². The number of hydrogen-bond donors (Lipinski definition) is 2. The highest BCUT2D eigenvalue weighted by Gasteiger charge is 2.36. The van der Waals surface area contributed by atoms with Crippen LogP contribution in [0.15, 0.2) is 29.2 Å². The first-order valence-corrected chi connectivity index (χ1v) is 7.53. The molecule has 1 atom stereocenters. The zero-order valence-corrected chi connectivity index (χ0v) is 12.1. The molecule has 0 aliphatic heterocycles. The lowest BCUT2D eigenvalue weighted by atomic mass is 9.98. The Morgan fingerprint density at radius 3 is 2.26 bits per heavy atom. The lowest BCUT2D eigenvalue weighted by Gasteiger charge is -2.25. The van der Waals surface area contributed by atoms with Crippen LogP contribution in [0.4, 0.5) is 0 Å². The maximum absolute atomic E-state index is 12.2. The Balaban J connectivity index is 3.07. The Kier molecular flexibility index (Phi) is 4.70. The topological polar surface area (TPSA) is 83.5 Å². The number of carboxylic acid groups (broad SMARTS) is 1. The van der Waals surface area contributed by atoms with E-state index < -0.39 is 21.5 Å². The molecule has 0 aromatic heterocycles. The van der Waals surface area contributed by atoms with Gasteiger partial charge in [0.2, 0.25) is 10.0 Å². The fourth-order valence-corrected chi connectivity index (χ4v) is 3.17. The zero-order valence-electron chi connectivity index (χ0n) is 11.3. The second-order valence-corrected chi connectivity index (χ2v) is 6.49. The second kappa shape index (κ2) is 5.71. The van der Waals surface area contributed by atoms with Crippen LogP contribution in [0.5, 0.6) is 0 Å². The SMILES string of the molecule is CCCC(C)(NS(=O)(=O)c1ccc(C)cc1)C(=O)O. The molecule has 0 aliphatic carbocycles. The number of carboxylic acids is 1. The Labute approximate surface area is 113 Å². The van der Waals surface area contributed by atoms with Gasteiger partial charge < -0.3 is 5.11 Å².